The zero-order valence-corrected chi connectivity index (χ0v) is 30.0. The molecule has 0 aliphatic heterocycles. The largest absolute Gasteiger partial charge is 0.208 e. The number of hydrogen-bond acceptors (Lipinski definition) is 7. The smallest absolute Gasteiger partial charge is 0.164 e. The predicted octanol–water partition coefficient (Wildman–Crippen LogP) is 11.3. The van der Waals surface area contributed by atoms with Crippen LogP contribution in [0.5, 0.6) is 0 Å². The average Bonchev–Trinajstić information content (AvgIpc) is 3.30. The predicted molar refractivity (Wildman–Crippen MR) is 221 cm³/mol. The summed E-state index contributed by atoms with van der Waals surface area (Å²) in [6.07, 6.45) is 0. The Morgan fingerprint density at radius 2 is 0.536 bits per heavy atom. The second-order valence-electron chi connectivity index (χ2n) is 13.1. The van der Waals surface area contributed by atoms with Crippen LogP contribution in [-0.4, -0.2) is 29.9 Å². The van der Waals surface area contributed by atoms with Gasteiger partial charge in [0, 0.05) is 33.4 Å². The molecule has 0 unspecified atom stereocenters. The van der Waals surface area contributed by atoms with Crippen molar-refractivity contribution in [3.63, 3.8) is 0 Å². The number of nitriles is 1. The van der Waals surface area contributed by atoms with Crippen LogP contribution in [0, 0.1) is 11.3 Å². The first-order valence-electron chi connectivity index (χ1n) is 18.2. The standard InChI is InChI=1S/C49H31N7/c50-32-33-13-10-22-41(29-33)47-52-45(37-18-8-3-9-19-37)54-49(56-47)43-24-12-21-40(31-43)35-25-27-38(28-26-35)46-51-44(36-16-6-2-7-17-36)53-48(55-46)42-23-11-20-39(30-42)34-14-4-1-5-15-34/h1-31H. The molecule has 9 rings (SSSR count). The van der Waals surface area contributed by atoms with Gasteiger partial charge in [-0.1, -0.05) is 164 Å². The van der Waals surface area contributed by atoms with Crippen LogP contribution in [0.3, 0.4) is 0 Å². The van der Waals surface area contributed by atoms with E-state index in [4.69, 9.17) is 29.9 Å². The van der Waals surface area contributed by atoms with E-state index in [1.807, 2.05) is 127 Å². The molecule has 2 heterocycles. The average molecular weight is 718 g/mol. The van der Waals surface area contributed by atoms with Gasteiger partial charge in [0.15, 0.2) is 34.9 Å². The minimum absolute atomic E-state index is 0.499. The van der Waals surface area contributed by atoms with E-state index in [1.54, 1.807) is 12.1 Å². The zero-order chi connectivity index (χ0) is 37.7. The van der Waals surface area contributed by atoms with E-state index in [1.165, 1.54) is 0 Å². The van der Waals surface area contributed by atoms with Gasteiger partial charge in [0.25, 0.3) is 0 Å². The molecule has 2 aromatic heterocycles. The highest BCUT2D eigenvalue weighted by molar-refractivity contribution is 5.76. The van der Waals surface area contributed by atoms with Crippen LogP contribution >= 0.6 is 0 Å². The van der Waals surface area contributed by atoms with Crippen LogP contribution < -0.4 is 0 Å². The Bertz CT molecular complexity index is 2850. The summed E-state index contributed by atoms with van der Waals surface area (Å²) in [4.78, 5) is 29.5. The summed E-state index contributed by atoms with van der Waals surface area (Å²) in [6, 6.07) is 64.4. The molecular weight excluding hydrogens is 687 g/mol. The van der Waals surface area contributed by atoms with Crippen molar-refractivity contribution in [2.24, 2.45) is 0 Å². The fourth-order valence-electron chi connectivity index (χ4n) is 6.55. The van der Waals surface area contributed by atoms with Gasteiger partial charge in [0.2, 0.25) is 0 Å². The highest BCUT2D eigenvalue weighted by Gasteiger charge is 2.16. The van der Waals surface area contributed by atoms with Crippen molar-refractivity contribution < 1.29 is 0 Å². The lowest BCUT2D eigenvalue weighted by atomic mass is 10.0. The molecule has 7 heteroatoms. The molecule has 262 valence electrons. The van der Waals surface area contributed by atoms with Gasteiger partial charge in [-0.2, -0.15) is 5.26 Å². The van der Waals surface area contributed by atoms with Gasteiger partial charge in [-0.25, -0.2) is 29.9 Å². The maximum absolute atomic E-state index is 9.55. The van der Waals surface area contributed by atoms with Crippen molar-refractivity contribution in [2.45, 2.75) is 0 Å². The molecular formula is C49H31N7. The Labute approximate surface area is 324 Å². The number of nitrogens with zero attached hydrogens (tertiary/aromatic N) is 7. The van der Waals surface area contributed by atoms with Gasteiger partial charge < -0.3 is 0 Å². The Morgan fingerprint density at radius 3 is 0.964 bits per heavy atom. The molecule has 0 aliphatic rings. The zero-order valence-electron chi connectivity index (χ0n) is 30.0. The number of hydrogen-bond donors (Lipinski definition) is 0. The molecule has 0 spiro atoms. The Morgan fingerprint density at radius 1 is 0.250 bits per heavy atom. The summed E-state index contributed by atoms with van der Waals surface area (Å²) in [5.74, 6) is 3.40. The number of aromatic nitrogens is 6. The molecule has 0 fully saturated rings. The fraction of sp³-hybridized carbons (Fsp3) is 0. The summed E-state index contributed by atoms with van der Waals surface area (Å²) >= 11 is 0. The monoisotopic (exact) mass is 717 g/mol. The molecule has 7 aromatic carbocycles. The van der Waals surface area contributed by atoms with Crippen LogP contribution in [0.15, 0.2) is 188 Å². The van der Waals surface area contributed by atoms with Crippen LogP contribution in [0.25, 0.3) is 90.6 Å². The minimum Gasteiger partial charge on any atom is -0.208 e. The maximum atomic E-state index is 9.55. The van der Waals surface area contributed by atoms with Crippen LogP contribution in [0.1, 0.15) is 5.56 Å². The number of benzene rings is 7. The van der Waals surface area contributed by atoms with Crippen LogP contribution in [0.4, 0.5) is 0 Å². The molecule has 0 bridgehead atoms. The van der Waals surface area contributed by atoms with E-state index in [-0.39, 0.29) is 0 Å². The molecule has 56 heavy (non-hydrogen) atoms. The van der Waals surface area contributed by atoms with E-state index in [2.05, 4.69) is 54.6 Å². The summed E-state index contributed by atoms with van der Waals surface area (Å²) in [5, 5.41) is 9.55. The van der Waals surface area contributed by atoms with Gasteiger partial charge in [0.1, 0.15) is 0 Å². The van der Waals surface area contributed by atoms with Gasteiger partial charge in [-0.05, 0) is 46.5 Å². The van der Waals surface area contributed by atoms with Gasteiger partial charge >= 0.3 is 0 Å². The van der Waals surface area contributed by atoms with Gasteiger partial charge in [0.05, 0.1) is 11.6 Å². The molecule has 0 amide bonds. The maximum Gasteiger partial charge on any atom is 0.164 e. The van der Waals surface area contributed by atoms with Gasteiger partial charge in [-0.3, -0.25) is 0 Å². The first-order chi connectivity index (χ1) is 27.7. The SMILES string of the molecule is N#Cc1cccc(-c2nc(-c3ccccc3)nc(-c3cccc(-c4ccc(-c5nc(-c6ccccc6)nc(-c6cccc(-c7ccccc7)c6)n5)cc4)c3)n2)c1. The quantitative estimate of drug-likeness (QED) is 0.154. The first-order valence-corrected chi connectivity index (χ1v) is 18.2. The third-order valence-corrected chi connectivity index (χ3v) is 9.41. The summed E-state index contributed by atoms with van der Waals surface area (Å²) in [7, 11) is 0. The third kappa shape index (κ3) is 7.19. The van der Waals surface area contributed by atoms with Crippen molar-refractivity contribution in [1.82, 2.24) is 29.9 Å². The second kappa shape index (κ2) is 15.2. The topological polar surface area (TPSA) is 101 Å². The normalized spacial score (nSPS) is 10.8. The lowest BCUT2D eigenvalue weighted by Crippen LogP contribution is -2.00. The molecule has 0 aliphatic carbocycles. The van der Waals surface area contributed by atoms with Crippen molar-refractivity contribution in [3.05, 3.63) is 194 Å². The van der Waals surface area contributed by atoms with Gasteiger partial charge in [-0.15, -0.1) is 0 Å². The summed E-state index contributed by atoms with van der Waals surface area (Å²) < 4.78 is 0. The molecule has 0 radical (unpaired) electrons. The Kier molecular flexibility index (Phi) is 9.18. The van der Waals surface area contributed by atoms with Crippen molar-refractivity contribution in [1.29, 1.82) is 5.26 Å². The first kappa shape index (κ1) is 33.9. The summed E-state index contributed by atoms with van der Waals surface area (Å²) in [5.41, 5.74) is 9.95. The van der Waals surface area contributed by atoms with E-state index in [0.717, 1.165) is 55.6 Å². The van der Waals surface area contributed by atoms with E-state index in [9.17, 15) is 5.26 Å². The second-order valence-corrected chi connectivity index (χ2v) is 13.1. The lowest BCUT2D eigenvalue weighted by Gasteiger charge is -2.11. The van der Waals surface area contributed by atoms with E-state index < -0.39 is 0 Å². The minimum atomic E-state index is 0.499. The fourth-order valence-corrected chi connectivity index (χ4v) is 6.55. The highest BCUT2D eigenvalue weighted by Crippen LogP contribution is 2.31. The number of rotatable bonds is 8. The third-order valence-electron chi connectivity index (χ3n) is 9.41. The Hall–Kier alpha value is -7.95. The summed E-state index contributed by atoms with van der Waals surface area (Å²) in [6.45, 7) is 0. The van der Waals surface area contributed by atoms with Crippen LogP contribution in [0.2, 0.25) is 0 Å². The molecule has 0 saturated carbocycles. The molecule has 9 aromatic rings. The van der Waals surface area contributed by atoms with Crippen molar-refractivity contribution >= 4 is 0 Å². The highest BCUT2D eigenvalue weighted by atomic mass is 15.0. The van der Waals surface area contributed by atoms with Crippen molar-refractivity contribution in [2.75, 3.05) is 0 Å². The Balaban J connectivity index is 1.08. The van der Waals surface area contributed by atoms with E-state index >= 15 is 0 Å². The van der Waals surface area contributed by atoms with Crippen molar-refractivity contribution in [3.8, 4) is 96.7 Å². The molecule has 0 saturated heterocycles. The molecule has 0 N–H and O–H groups in total. The molecule has 0 atom stereocenters. The van der Waals surface area contributed by atoms with E-state index in [0.29, 0.717) is 40.5 Å². The molecule has 7 nitrogen and oxygen atoms in total. The lowest BCUT2D eigenvalue weighted by molar-refractivity contribution is 1.07. The van der Waals surface area contributed by atoms with Crippen LogP contribution in [-0.2, 0) is 0 Å².